The van der Waals surface area contributed by atoms with E-state index in [-0.39, 0.29) is 0 Å². The third-order valence-corrected chi connectivity index (χ3v) is 9.91. The lowest BCUT2D eigenvalue weighted by molar-refractivity contribution is 0.235. The molecule has 222 valence electrons. The summed E-state index contributed by atoms with van der Waals surface area (Å²) < 4.78 is 0. The van der Waals surface area contributed by atoms with Crippen LogP contribution in [0.1, 0.15) is 95.1 Å². The summed E-state index contributed by atoms with van der Waals surface area (Å²) in [6.07, 6.45) is 19.4. The first kappa shape index (κ1) is 30.0. The third-order valence-electron chi connectivity index (χ3n) is 9.91. The Bertz CT molecular complexity index is 1090. The van der Waals surface area contributed by atoms with Gasteiger partial charge in [-0.05, 0) is 112 Å². The zero-order chi connectivity index (χ0) is 28.3. The van der Waals surface area contributed by atoms with Crippen LogP contribution in [-0.2, 0) is 6.42 Å². The van der Waals surface area contributed by atoms with E-state index in [4.69, 9.17) is 0 Å². The van der Waals surface area contributed by atoms with Gasteiger partial charge >= 0.3 is 0 Å². The van der Waals surface area contributed by atoms with Gasteiger partial charge in [-0.3, -0.25) is 0 Å². The standard InChI is InChI=1S/C22H28N2.C16H27N/c1-2-4-22(5-3-1)24-16-19(17-24)7-6-18-8-10-20(11-9-18)21-12-14-23-15-13-21;1-3-5-6-11-17-12-7-8-15-10-9-14(4-2)13-16(15)17/h1-5,8-11,19,21,23H,6-7,12-17H2;9,13,15H,3-8,10-12H2,1-2H3. The molecule has 2 aromatic carbocycles. The fourth-order valence-corrected chi connectivity index (χ4v) is 7.18. The predicted molar refractivity (Wildman–Crippen MR) is 177 cm³/mol. The van der Waals surface area contributed by atoms with E-state index in [1.54, 1.807) is 16.8 Å². The lowest BCUT2D eigenvalue weighted by Crippen LogP contribution is -2.46. The van der Waals surface area contributed by atoms with Crippen molar-refractivity contribution in [2.45, 2.75) is 90.4 Å². The van der Waals surface area contributed by atoms with Crippen molar-refractivity contribution in [3.05, 3.63) is 89.1 Å². The Morgan fingerprint density at radius 1 is 0.854 bits per heavy atom. The second-order valence-electron chi connectivity index (χ2n) is 12.9. The van der Waals surface area contributed by atoms with Gasteiger partial charge in [-0.25, -0.2) is 0 Å². The Labute approximate surface area is 251 Å². The molecule has 4 aliphatic rings. The number of fused-ring (bicyclic) bond motifs is 1. The van der Waals surface area contributed by atoms with Crippen molar-refractivity contribution in [1.29, 1.82) is 0 Å². The van der Waals surface area contributed by atoms with Crippen molar-refractivity contribution < 1.29 is 0 Å². The van der Waals surface area contributed by atoms with Gasteiger partial charge in [0.25, 0.3) is 0 Å². The van der Waals surface area contributed by atoms with Gasteiger partial charge in [-0.2, -0.15) is 0 Å². The number of hydrogen-bond donors (Lipinski definition) is 1. The summed E-state index contributed by atoms with van der Waals surface area (Å²) in [4.78, 5) is 5.16. The summed E-state index contributed by atoms with van der Waals surface area (Å²) in [5.41, 5.74) is 7.63. The molecule has 0 bridgehead atoms. The smallest absolute Gasteiger partial charge is 0.0366 e. The Hall–Kier alpha value is -2.52. The summed E-state index contributed by atoms with van der Waals surface area (Å²) in [5.74, 6) is 2.46. The number of nitrogens with one attached hydrogen (secondary N) is 1. The first-order valence-electron chi connectivity index (χ1n) is 17.0. The second kappa shape index (κ2) is 15.6. The highest BCUT2D eigenvalue weighted by Gasteiger charge is 2.27. The average Bonchev–Trinajstić information content (AvgIpc) is 3.02. The van der Waals surface area contributed by atoms with Crippen LogP contribution in [0.2, 0.25) is 0 Å². The maximum absolute atomic E-state index is 3.45. The van der Waals surface area contributed by atoms with Gasteiger partial charge in [0.05, 0.1) is 0 Å². The van der Waals surface area contributed by atoms with Crippen molar-refractivity contribution in [3.8, 4) is 0 Å². The molecule has 0 amide bonds. The fraction of sp³-hybridized carbons (Fsp3) is 0.579. The number of rotatable bonds is 10. The van der Waals surface area contributed by atoms with E-state index in [9.17, 15) is 0 Å². The number of likely N-dealkylation sites (tertiary alicyclic amines) is 1. The largest absolute Gasteiger partial charge is 0.375 e. The predicted octanol–water partition coefficient (Wildman–Crippen LogP) is 8.74. The third kappa shape index (κ3) is 8.51. The zero-order valence-corrected chi connectivity index (χ0v) is 26.0. The first-order chi connectivity index (χ1) is 20.2. The van der Waals surface area contributed by atoms with Crippen LogP contribution < -0.4 is 10.2 Å². The number of anilines is 1. The molecule has 3 heteroatoms. The summed E-state index contributed by atoms with van der Waals surface area (Å²) >= 11 is 0. The van der Waals surface area contributed by atoms with E-state index in [2.05, 4.69) is 95.7 Å². The molecule has 1 aliphatic carbocycles. The Morgan fingerprint density at radius 3 is 2.37 bits per heavy atom. The Morgan fingerprint density at radius 2 is 1.63 bits per heavy atom. The summed E-state index contributed by atoms with van der Waals surface area (Å²) in [6, 6.07) is 20.3. The quantitative estimate of drug-likeness (QED) is 0.297. The molecule has 3 fully saturated rings. The second-order valence-corrected chi connectivity index (χ2v) is 12.9. The van der Waals surface area contributed by atoms with Crippen molar-refractivity contribution >= 4 is 5.69 Å². The molecule has 0 saturated carbocycles. The number of para-hydroxylation sites is 1. The van der Waals surface area contributed by atoms with Gasteiger partial charge in [0, 0.05) is 43.5 Å². The summed E-state index contributed by atoms with van der Waals surface area (Å²) in [5, 5.41) is 3.45. The molecular formula is C38H55N3. The van der Waals surface area contributed by atoms with E-state index in [1.165, 1.54) is 121 Å². The molecule has 1 atom stereocenters. The SMILES string of the molecule is CCCCCN1CCCC2CC=C(CC)C=C21.c1ccc(N2CC(CCc3ccc(C4CCNCC4)cc3)C2)cc1. The number of hydrogen-bond acceptors (Lipinski definition) is 3. The highest BCUT2D eigenvalue weighted by atomic mass is 15.2. The fourth-order valence-electron chi connectivity index (χ4n) is 7.18. The minimum atomic E-state index is 0.770. The molecule has 0 radical (unpaired) electrons. The highest BCUT2D eigenvalue weighted by Crippen LogP contribution is 2.35. The van der Waals surface area contributed by atoms with Crippen LogP contribution >= 0.6 is 0 Å². The maximum atomic E-state index is 3.45. The van der Waals surface area contributed by atoms with Crippen molar-refractivity contribution in [2.24, 2.45) is 11.8 Å². The van der Waals surface area contributed by atoms with E-state index < -0.39 is 0 Å². The molecule has 0 spiro atoms. The van der Waals surface area contributed by atoms with Gasteiger partial charge in [-0.1, -0.05) is 80.8 Å². The van der Waals surface area contributed by atoms with E-state index in [1.807, 2.05) is 0 Å². The number of benzene rings is 2. The van der Waals surface area contributed by atoms with Crippen molar-refractivity contribution in [2.75, 3.05) is 44.2 Å². The molecule has 0 aromatic heterocycles. The molecule has 3 aliphatic heterocycles. The molecule has 2 aromatic rings. The highest BCUT2D eigenvalue weighted by molar-refractivity contribution is 5.48. The minimum Gasteiger partial charge on any atom is -0.375 e. The van der Waals surface area contributed by atoms with Gasteiger partial charge in [-0.15, -0.1) is 0 Å². The van der Waals surface area contributed by atoms with Gasteiger partial charge in [0.2, 0.25) is 0 Å². The molecular weight excluding hydrogens is 498 g/mol. The minimum absolute atomic E-state index is 0.770. The number of aryl methyl sites for hydroxylation is 1. The van der Waals surface area contributed by atoms with E-state index in [0.29, 0.717) is 0 Å². The maximum Gasteiger partial charge on any atom is 0.0366 e. The van der Waals surface area contributed by atoms with Crippen LogP contribution in [0.15, 0.2) is 78.0 Å². The van der Waals surface area contributed by atoms with Crippen molar-refractivity contribution in [3.63, 3.8) is 0 Å². The number of unbranched alkanes of at least 4 members (excludes halogenated alkanes) is 2. The molecule has 1 unspecified atom stereocenters. The number of allylic oxidation sites excluding steroid dienone is 4. The molecule has 3 nitrogen and oxygen atoms in total. The summed E-state index contributed by atoms with van der Waals surface area (Å²) in [7, 11) is 0. The van der Waals surface area contributed by atoms with Gasteiger partial charge in [0.15, 0.2) is 0 Å². The Balaban J connectivity index is 0.000000175. The van der Waals surface area contributed by atoms with Crippen LogP contribution in [0.5, 0.6) is 0 Å². The topological polar surface area (TPSA) is 18.5 Å². The van der Waals surface area contributed by atoms with E-state index >= 15 is 0 Å². The monoisotopic (exact) mass is 553 g/mol. The summed E-state index contributed by atoms with van der Waals surface area (Å²) in [6.45, 7) is 11.9. The first-order valence-corrected chi connectivity index (χ1v) is 17.0. The van der Waals surface area contributed by atoms with Crippen LogP contribution in [0.3, 0.4) is 0 Å². The normalized spacial score (nSPS) is 21.3. The number of piperidine rings is 2. The van der Waals surface area contributed by atoms with Crippen LogP contribution in [-0.4, -0.2) is 44.2 Å². The van der Waals surface area contributed by atoms with E-state index in [0.717, 1.165) is 17.8 Å². The number of nitrogens with zero attached hydrogens (tertiary/aromatic N) is 2. The lowest BCUT2D eigenvalue weighted by atomic mass is 9.85. The van der Waals surface area contributed by atoms with Crippen molar-refractivity contribution in [1.82, 2.24) is 10.2 Å². The molecule has 1 N–H and O–H groups in total. The molecule has 3 saturated heterocycles. The van der Waals surface area contributed by atoms with Crippen LogP contribution in [0.25, 0.3) is 0 Å². The molecule has 3 heterocycles. The van der Waals surface area contributed by atoms with Gasteiger partial charge < -0.3 is 15.1 Å². The lowest BCUT2D eigenvalue weighted by Gasteiger charge is -2.41. The van der Waals surface area contributed by atoms with Crippen LogP contribution in [0, 0.1) is 11.8 Å². The van der Waals surface area contributed by atoms with Gasteiger partial charge in [0.1, 0.15) is 0 Å². The molecule has 6 rings (SSSR count). The molecule has 41 heavy (non-hydrogen) atoms. The average molecular weight is 554 g/mol. The van der Waals surface area contributed by atoms with Crippen LogP contribution in [0.4, 0.5) is 5.69 Å². The Kier molecular flexibility index (Phi) is 11.4. The zero-order valence-electron chi connectivity index (χ0n) is 26.0.